The number of likely N-dealkylation sites (tertiary alicyclic amines) is 1. The third kappa shape index (κ3) is 14.4. The van der Waals surface area contributed by atoms with Gasteiger partial charge in [-0.15, -0.1) is 0 Å². The highest BCUT2D eigenvalue weighted by Gasteiger charge is 2.39. The van der Waals surface area contributed by atoms with E-state index in [1.165, 1.54) is 32.4 Å². The van der Waals surface area contributed by atoms with Crippen LogP contribution >= 0.6 is 0 Å². The highest BCUT2D eigenvalue weighted by Crippen LogP contribution is 2.32. The van der Waals surface area contributed by atoms with Crippen molar-refractivity contribution in [3.63, 3.8) is 0 Å². The van der Waals surface area contributed by atoms with E-state index in [1.807, 2.05) is 5.32 Å². The Morgan fingerprint density at radius 2 is 1.40 bits per heavy atom. The summed E-state index contributed by atoms with van der Waals surface area (Å²) in [4.78, 5) is 16.4. The number of morpholine rings is 1. The molecule has 0 aromatic rings. The van der Waals surface area contributed by atoms with Gasteiger partial charge < -0.3 is 10.1 Å². The summed E-state index contributed by atoms with van der Waals surface area (Å²) in [5.74, 6) is -0.600. The molecular formula is C32H64F3N3O2. The molecule has 0 aliphatic carbocycles. The van der Waals surface area contributed by atoms with Gasteiger partial charge in [-0.1, -0.05) is 68.7 Å². The van der Waals surface area contributed by atoms with Crippen LogP contribution in [0.4, 0.5) is 13.2 Å². The second kappa shape index (κ2) is 14.5. The van der Waals surface area contributed by atoms with Gasteiger partial charge in [0.05, 0.1) is 13.2 Å². The van der Waals surface area contributed by atoms with Crippen LogP contribution in [-0.4, -0.2) is 77.9 Å². The number of nitrogens with one attached hydrogen (secondary N) is 1. The summed E-state index contributed by atoms with van der Waals surface area (Å²) in [6.07, 6.45) is -0.211. The Labute approximate surface area is 245 Å². The summed E-state index contributed by atoms with van der Waals surface area (Å²) >= 11 is 0. The average molecular weight is 580 g/mol. The first kappa shape index (κ1) is 39.1. The SMILES string of the molecule is CC(C)(C)CN1CCCCC1(C)C.CC(N1CCOCC1(C)C)C(C)(C)C.CC(NC(=O)C(C)(C)C)C(F)(F)F. The number of hydrogen-bond acceptors (Lipinski definition) is 4. The Morgan fingerprint density at radius 3 is 1.77 bits per heavy atom. The number of piperidine rings is 1. The van der Waals surface area contributed by atoms with Crippen molar-refractivity contribution in [1.82, 2.24) is 15.1 Å². The number of rotatable bonds is 3. The van der Waals surface area contributed by atoms with Crippen molar-refractivity contribution >= 4 is 5.91 Å². The van der Waals surface area contributed by atoms with Crippen molar-refractivity contribution in [2.45, 2.75) is 152 Å². The van der Waals surface area contributed by atoms with Crippen molar-refractivity contribution in [2.24, 2.45) is 16.2 Å². The molecule has 2 fully saturated rings. The zero-order chi connectivity index (χ0) is 32.0. The van der Waals surface area contributed by atoms with Crippen molar-refractivity contribution in [3.8, 4) is 0 Å². The van der Waals surface area contributed by atoms with Crippen LogP contribution in [-0.2, 0) is 9.53 Å². The molecule has 2 atom stereocenters. The van der Waals surface area contributed by atoms with Crippen LogP contribution in [0.25, 0.3) is 0 Å². The number of nitrogens with zero attached hydrogens (tertiary/aromatic N) is 2. The minimum Gasteiger partial charge on any atom is -0.378 e. The van der Waals surface area contributed by atoms with Crippen LogP contribution in [0.15, 0.2) is 0 Å². The summed E-state index contributed by atoms with van der Waals surface area (Å²) in [6, 6.07) is -1.19. The van der Waals surface area contributed by atoms with E-state index in [0.29, 0.717) is 22.4 Å². The Bertz CT molecular complexity index is 759. The second-order valence-electron chi connectivity index (χ2n) is 16.3. The fourth-order valence-corrected chi connectivity index (χ4v) is 4.74. The first-order valence-electron chi connectivity index (χ1n) is 15.1. The molecule has 2 rings (SSSR count). The predicted molar refractivity (Wildman–Crippen MR) is 163 cm³/mol. The molecule has 0 aromatic heterocycles. The Hall–Kier alpha value is -0.860. The molecule has 40 heavy (non-hydrogen) atoms. The van der Waals surface area contributed by atoms with Gasteiger partial charge in [0.1, 0.15) is 6.04 Å². The van der Waals surface area contributed by atoms with Gasteiger partial charge in [0.2, 0.25) is 5.91 Å². The smallest absolute Gasteiger partial charge is 0.378 e. The lowest BCUT2D eigenvalue weighted by Gasteiger charge is -2.49. The summed E-state index contributed by atoms with van der Waals surface area (Å²) < 4.78 is 41.5. The number of ether oxygens (including phenoxy) is 1. The average Bonchev–Trinajstić information content (AvgIpc) is 2.72. The van der Waals surface area contributed by atoms with Crippen molar-refractivity contribution in [3.05, 3.63) is 0 Å². The van der Waals surface area contributed by atoms with E-state index in [9.17, 15) is 18.0 Å². The highest BCUT2D eigenvalue weighted by atomic mass is 19.4. The number of carbonyl (C=O) groups excluding carboxylic acids is 1. The van der Waals surface area contributed by atoms with Gasteiger partial charge in [0.15, 0.2) is 0 Å². The summed E-state index contributed by atoms with van der Waals surface area (Å²) in [6.45, 7) is 36.5. The van der Waals surface area contributed by atoms with Crippen LogP contribution < -0.4 is 5.32 Å². The maximum atomic E-state index is 12.0. The molecular weight excluding hydrogens is 515 g/mol. The van der Waals surface area contributed by atoms with Gasteiger partial charge in [-0.05, 0) is 71.8 Å². The molecule has 0 saturated carbocycles. The molecule has 0 bridgehead atoms. The van der Waals surface area contributed by atoms with E-state index in [0.717, 1.165) is 26.7 Å². The maximum absolute atomic E-state index is 12.0. The summed E-state index contributed by atoms with van der Waals surface area (Å²) in [5.41, 5.74) is 0.610. The summed E-state index contributed by atoms with van der Waals surface area (Å²) in [7, 11) is 0. The highest BCUT2D eigenvalue weighted by molar-refractivity contribution is 5.81. The van der Waals surface area contributed by atoms with Gasteiger partial charge in [-0.3, -0.25) is 14.6 Å². The first-order valence-corrected chi connectivity index (χ1v) is 15.1. The number of carbonyl (C=O) groups is 1. The third-order valence-electron chi connectivity index (χ3n) is 7.94. The van der Waals surface area contributed by atoms with Crippen LogP contribution in [0, 0.1) is 16.2 Å². The molecule has 1 N–H and O–H groups in total. The Morgan fingerprint density at radius 1 is 0.875 bits per heavy atom. The predicted octanol–water partition coefficient (Wildman–Crippen LogP) is 7.93. The van der Waals surface area contributed by atoms with Gasteiger partial charge in [-0.2, -0.15) is 13.2 Å². The summed E-state index contributed by atoms with van der Waals surface area (Å²) in [5, 5.41) is 1.90. The second-order valence-corrected chi connectivity index (χ2v) is 16.3. The van der Waals surface area contributed by atoms with Crippen LogP contribution in [0.2, 0.25) is 0 Å². The molecule has 2 unspecified atom stereocenters. The molecule has 0 spiro atoms. The largest absolute Gasteiger partial charge is 0.408 e. The molecule has 1 amide bonds. The first-order chi connectivity index (χ1) is 17.6. The van der Waals surface area contributed by atoms with Crippen molar-refractivity contribution in [1.29, 1.82) is 0 Å². The van der Waals surface area contributed by atoms with E-state index in [4.69, 9.17) is 4.74 Å². The van der Waals surface area contributed by atoms with E-state index in [-0.39, 0.29) is 5.54 Å². The van der Waals surface area contributed by atoms with E-state index >= 15 is 0 Å². The zero-order valence-electron chi connectivity index (χ0n) is 28.7. The van der Waals surface area contributed by atoms with E-state index in [1.54, 1.807) is 20.8 Å². The minimum absolute atomic E-state index is 0.185. The van der Waals surface area contributed by atoms with E-state index < -0.39 is 23.5 Å². The number of amides is 1. The van der Waals surface area contributed by atoms with Gasteiger partial charge in [0.25, 0.3) is 0 Å². The molecule has 8 heteroatoms. The standard InChI is InChI=1S/C12H25NO.C12H25N.C8H14F3NO/c1-10(11(2,3)4)13-7-8-14-9-12(13,5)6;1-11(2,3)10-13-9-7-6-8-12(13,4)5;1-5(8(9,10)11)12-6(13)7(2,3)4/h10H,7-9H2,1-6H3;6-10H2,1-5H3;5H,1-4H3,(H,12,13). The van der Waals surface area contributed by atoms with Crippen LogP contribution in [0.1, 0.15) is 123 Å². The maximum Gasteiger partial charge on any atom is 0.408 e. The minimum atomic E-state index is -4.37. The lowest BCUT2D eigenvalue weighted by molar-refractivity contribution is -0.160. The molecule has 2 heterocycles. The molecule has 240 valence electrons. The van der Waals surface area contributed by atoms with Crippen molar-refractivity contribution < 1.29 is 22.7 Å². The lowest BCUT2D eigenvalue weighted by atomic mass is 9.84. The number of halogens is 3. The van der Waals surface area contributed by atoms with Crippen LogP contribution in [0.5, 0.6) is 0 Å². The molecule has 2 aliphatic heterocycles. The molecule has 5 nitrogen and oxygen atoms in total. The molecule has 2 aliphatic rings. The topological polar surface area (TPSA) is 44.8 Å². The van der Waals surface area contributed by atoms with Gasteiger partial charge in [0, 0.05) is 35.6 Å². The lowest BCUT2D eigenvalue weighted by Crippen LogP contribution is -2.59. The fourth-order valence-electron chi connectivity index (χ4n) is 4.74. The monoisotopic (exact) mass is 579 g/mol. The normalized spacial score (nSPS) is 22.1. The zero-order valence-corrected chi connectivity index (χ0v) is 28.7. The van der Waals surface area contributed by atoms with Gasteiger partial charge >= 0.3 is 6.18 Å². The fraction of sp³-hybridized carbons (Fsp3) is 0.969. The van der Waals surface area contributed by atoms with Crippen molar-refractivity contribution in [2.75, 3.05) is 32.8 Å². The quantitative estimate of drug-likeness (QED) is 0.369. The molecule has 0 aromatic carbocycles. The molecule has 0 radical (unpaired) electrons. The van der Waals surface area contributed by atoms with E-state index in [2.05, 4.69) is 86.0 Å². The molecule has 2 saturated heterocycles. The van der Waals surface area contributed by atoms with Gasteiger partial charge in [-0.25, -0.2) is 0 Å². The van der Waals surface area contributed by atoms with Crippen LogP contribution in [0.3, 0.4) is 0 Å². The Kier molecular flexibility index (Phi) is 14.2. The number of hydrogen-bond donors (Lipinski definition) is 1. The third-order valence-corrected chi connectivity index (χ3v) is 7.94. The Balaban J connectivity index is 0.000000571. The number of alkyl halides is 3.